The van der Waals surface area contributed by atoms with Gasteiger partial charge in [0.15, 0.2) is 88.2 Å². The summed E-state index contributed by atoms with van der Waals surface area (Å²) in [6, 6.07) is 27.6. The third-order valence-electron chi connectivity index (χ3n) is 11.4. The number of hydrogen-bond donors (Lipinski definition) is 0. The number of pyridine rings is 1. The Morgan fingerprint density at radius 2 is 0.722 bits per heavy atom. The van der Waals surface area contributed by atoms with Crippen LogP contribution in [-0.2, 0) is 13.0 Å². The Morgan fingerprint density at radius 3 is 1.10 bits per heavy atom. The van der Waals surface area contributed by atoms with Crippen LogP contribution in [0.4, 0.5) is 93.5 Å². The molecule has 0 aliphatic rings. The second-order valence-corrected chi connectivity index (χ2v) is 15.4. The van der Waals surface area contributed by atoms with Gasteiger partial charge in [0.25, 0.3) is 5.69 Å². The van der Waals surface area contributed by atoms with E-state index in [2.05, 4.69) is 41.1 Å². The number of non-ortho nitro benzene ring substituents is 1. The predicted molar refractivity (Wildman–Crippen MR) is 215 cm³/mol. The molecule has 0 saturated carbocycles. The molecule has 0 aliphatic heterocycles. The van der Waals surface area contributed by atoms with Crippen LogP contribution in [0.1, 0.15) is 16.8 Å². The highest BCUT2D eigenvalue weighted by atomic mass is 19.2. The van der Waals surface area contributed by atoms with E-state index < -0.39 is 144 Å². The Labute approximate surface area is 388 Å². The Balaban J connectivity index is 0.000000238. The number of halogens is 20. The normalized spacial score (nSPS) is 11.6. The molecule has 0 aliphatic carbocycles. The fourth-order valence-electron chi connectivity index (χ4n) is 8.29. The SMILES string of the molecule is Fc1c(F)c(F)c([B-](c2c(F)c(F)c(F)c(F)c2F)(c2c(F)c(F)c(F)c(F)c2F)c2c(F)c(F)c(F)c(F)c2F)c(F)c1F.O=[N+]([O-])c1cccc(Cc2c3ccccc3cc[n+]2Cc2ccccc2)c1. The van der Waals surface area contributed by atoms with E-state index in [-0.39, 0.29) is 10.6 Å². The molecule has 0 spiro atoms. The molecule has 0 bridgehead atoms. The van der Waals surface area contributed by atoms with Crippen molar-refractivity contribution < 1.29 is 97.3 Å². The fraction of sp³-hybridized carbons (Fsp3) is 0.0426. The van der Waals surface area contributed by atoms with Gasteiger partial charge in [0, 0.05) is 29.1 Å². The third-order valence-corrected chi connectivity index (χ3v) is 11.4. The first kappa shape index (κ1) is 51.9. The summed E-state index contributed by atoms with van der Waals surface area (Å²) >= 11 is 0. The van der Waals surface area contributed by atoms with Crippen molar-refractivity contribution in [2.24, 2.45) is 0 Å². The van der Waals surface area contributed by atoms with E-state index in [9.17, 15) is 62.8 Å². The van der Waals surface area contributed by atoms with Gasteiger partial charge in [0.2, 0.25) is 0 Å². The van der Waals surface area contributed by atoms with Crippen LogP contribution in [0.25, 0.3) is 10.8 Å². The average molecular weight is 1030 g/mol. The minimum atomic E-state index is -7.22. The molecule has 25 heteroatoms. The van der Waals surface area contributed by atoms with E-state index in [0.29, 0.717) is 6.42 Å². The first-order valence-electron chi connectivity index (χ1n) is 19.8. The molecule has 0 radical (unpaired) electrons. The van der Waals surface area contributed by atoms with Crippen molar-refractivity contribution in [3.8, 4) is 0 Å². The summed E-state index contributed by atoms with van der Waals surface area (Å²) in [6.45, 7) is 0.760. The van der Waals surface area contributed by atoms with Crippen LogP contribution >= 0.6 is 0 Å². The lowest BCUT2D eigenvalue weighted by Gasteiger charge is -2.44. The molecule has 372 valence electrons. The highest BCUT2D eigenvalue weighted by Crippen LogP contribution is 2.31. The summed E-state index contributed by atoms with van der Waals surface area (Å²) in [7, 11) is 0. The van der Waals surface area contributed by atoms with Crippen molar-refractivity contribution in [3.05, 3.63) is 234 Å². The fourth-order valence-corrected chi connectivity index (χ4v) is 8.29. The lowest BCUT2D eigenvalue weighted by Crippen LogP contribution is -2.81. The zero-order chi connectivity index (χ0) is 53.0. The van der Waals surface area contributed by atoms with Gasteiger partial charge in [-0.2, -0.15) is 4.57 Å². The molecular weight excluding hydrogens is 1020 g/mol. The minimum Gasteiger partial charge on any atom is -0.258 e. The largest absolute Gasteiger partial charge is 0.269 e. The van der Waals surface area contributed by atoms with Gasteiger partial charge in [-0.3, -0.25) is 10.1 Å². The molecule has 0 amide bonds. The molecule has 1 heterocycles. The molecule has 72 heavy (non-hydrogen) atoms. The van der Waals surface area contributed by atoms with Crippen LogP contribution in [0.15, 0.2) is 91.1 Å². The van der Waals surface area contributed by atoms with Gasteiger partial charge in [0.1, 0.15) is 52.7 Å². The second-order valence-electron chi connectivity index (χ2n) is 15.4. The van der Waals surface area contributed by atoms with Gasteiger partial charge in [0.05, 0.1) is 11.3 Å². The summed E-state index contributed by atoms with van der Waals surface area (Å²) in [4.78, 5) is 10.8. The highest BCUT2D eigenvalue weighted by molar-refractivity contribution is 7.20. The van der Waals surface area contributed by atoms with E-state index in [1.54, 1.807) is 12.1 Å². The number of benzene rings is 7. The molecular formula is C47H19BF20N2O2. The summed E-state index contributed by atoms with van der Waals surface area (Å²) in [5, 5.41) is 13.5. The third kappa shape index (κ3) is 8.38. The van der Waals surface area contributed by atoms with Gasteiger partial charge in [-0.15, -0.1) is 21.9 Å². The molecule has 0 fully saturated rings. The Hall–Kier alpha value is -7.99. The average Bonchev–Trinajstić information content (AvgIpc) is 3.37. The van der Waals surface area contributed by atoms with Crippen molar-refractivity contribution in [2.45, 2.75) is 13.0 Å². The number of aromatic nitrogens is 1. The zero-order valence-electron chi connectivity index (χ0n) is 34.9. The van der Waals surface area contributed by atoms with Crippen LogP contribution in [0, 0.1) is 126 Å². The quantitative estimate of drug-likeness (QED) is 0.0275. The molecule has 0 N–H and O–H groups in total. The maximum absolute atomic E-state index is 15.4. The van der Waals surface area contributed by atoms with Crippen molar-refractivity contribution in [1.29, 1.82) is 0 Å². The first-order chi connectivity index (χ1) is 33.9. The van der Waals surface area contributed by atoms with E-state index in [1.807, 2.05) is 36.4 Å². The number of rotatable bonds is 9. The van der Waals surface area contributed by atoms with E-state index in [1.165, 1.54) is 22.4 Å². The van der Waals surface area contributed by atoms with E-state index in [4.69, 9.17) is 0 Å². The molecule has 7 aromatic carbocycles. The monoisotopic (exact) mass is 1030 g/mol. The second kappa shape index (κ2) is 19.7. The van der Waals surface area contributed by atoms with Gasteiger partial charge in [-0.05, 0) is 17.0 Å². The zero-order valence-corrected chi connectivity index (χ0v) is 34.9. The minimum absolute atomic E-state index is 0.127. The number of nitro groups is 1. The van der Waals surface area contributed by atoms with Gasteiger partial charge in [-0.1, -0.05) is 60.7 Å². The van der Waals surface area contributed by atoms with Crippen LogP contribution < -0.4 is 26.4 Å². The molecule has 8 rings (SSSR count). The van der Waals surface area contributed by atoms with Gasteiger partial charge < -0.3 is 0 Å². The van der Waals surface area contributed by atoms with Crippen LogP contribution in [0.3, 0.4) is 0 Å². The number of nitrogens with zero attached hydrogens (tertiary/aromatic N) is 2. The first-order valence-corrected chi connectivity index (χ1v) is 19.8. The standard InChI is InChI=1S/C24BF20.C23H19N2O2/c26-5-1(6(27)14(35)21(42)13(5)34)25(2-7(28)15(36)22(43)16(37)8(2)29,3-9(30)17(38)23(44)18(39)10(3)31)4-11(32)19(40)24(45)20(41)12(4)33;26-25(27)21-11-6-9-19(15-21)16-23-22-12-5-4-10-20(22)13-14-24(23)17-18-7-2-1-3-8-18/h;1-15H,16-17H2/q-1;+1. The summed E-state index contributed by atoms with van der Waals surface area (Å²) in [5.41, 5.74) is -10.9. The van der Waals surface area contributed by atoms with Crippen molar-refractivity contribution in [3.63, 3.8) is 0 Å². The summed E-state index contributed by atoms with van der Waals surface area (Å²) in [6.07, 6.45) is -4.48. The topological polar surface area (TPSA) is 47.0 Å². The summed E-state index contributed by atoms with van der Waals surface area (Å²) in [5.74, 6) is -71.4. The maximum atomic E-state index is 15.4. The Morgan fingerprint density at radius 1 is 0.389 bits per heavy atom. The lowest BCUT2D eigenvalue weighted by molar-refractivity contribution is -0.693. The number of hydrogen-bond acceptors (Lipinski definition) is 2. The number of nitro benzene ring substituents is 1. The predicted octanol–water partition coefficient (Wildman–Crippen LogP) is 10.5. The number of fused-ring (bicyclic) bond motifs is 1. The molecule has 8 aromatic rings. The van der Waals surface area contributed by atoms with Crippen LogP contribution in [0.5, 0.6) is 0 Å². The van der Waals surface area contributed by atoms with Crippen LogP contribution in [0.2, 0.25) is 0 Å². The molecule has 0 saturated heterocycles. The van der Waals surface area contributed by atoms with Crippen molar-refractivity contribution in [2.75, 3.05) is 0 Å². The maximum Gasteiger partial charge on any atom is 0.269 e. The smallest absolute Gasteiger partial charge is 0.258 e. The molecule has 1 aromatic heterocycles. The van der Waals surface area contributed by atoms with Crippen LogP contribution in [-0.4, -0.2) is 11.1 Å². The lowest BCUT2D eigenvalue weighted by atomic mass is 9.12. The Kier molecular flexibility index (Phi) is 14.2. The van der Waals surface area contributed by atoms with Gasteiger partial charge in [-0.25, -0.2) is 87.8 Å². The molecule has 4 nitrogen and oxygen atoms in total. The van der Waals surface area contributed by atoms with E-state index >= 15 is 35.1 Å². The Bertz CT molecular complexity index is 3140. The van der Waals surface area contributed by atoms with Crippen molar-refractivity contribution in [1.82, 2.24) is 0 Å². The molecule has 0 unspecified atom stereocenters. The van der Waals surface area contributed by atoms with E-state index in [0.717, 1.165) is 17.8 Å². The molecule has 0 atom stereocenters. The van der Waals surface area contributed by atoms with Gasteiger partial charge >= 0.3 is 0 Å². The summed E-state index contributed by atoms with van der Waals surface area (Å²) < 4.78 is 296. The van der Waals surface area contributed by atoms with Crippen molar-refractivity contribution >= 4 is 44.5 Å². The highest BCUT2D eigenvalue weighted by Gasteiger charge is 2.52.